The van der Waals surface area contributed by atoms with Gasteiger partial charge in [0, 0.05) is 23.4 Å². The van der Waals surface area contributed by atoms with Crippen molar-refractivity contribution in [2.24, 2.45) is 0 Å². The fourth-order valence-corrected chi connectivity index (χ4v) is 3.25. The number of aromatic nitrogens is 3. The van der Waals surface area contributed by atoms with Crippen LogP contribution in [0, 0.1) is 10.1 Å². The first kappa shape index (κ1) is 16.2. The molecule has 1 aliphatic rings. The highest BCUT2D eigenvalue weighted by Gasteiger charge is 2.19. The molecule has 26 heavy (non-hydrogen) atoms. The molecule has 132 valence electrons. The van der Waals surface area contributed by atoms with Crippen molar-refractivity contribution in [1.29, 1.82) is 0 Å². The molecule has 1 saturated carbocycles. The molecule has 0 unspecified atom stereocenters. The molecule has 2 aromatic carbocycles. The largest absolute Gasteiger partial charge is 0.322 e. The monoisotopic (exact) mass is 351 g/mol. The lowest BCUT2D eigenvalue weighted by atomic mass is 10.2. The minimum atomic E-state index is -0.497. The van der Waals surface area contributed by atoms with E-state index in [1.165, 1.54) is 37.1 Å². The summed E-state index contributed by atoms with van der Waals surface area (Å²) in [5, 5.41) is 22.6. The third-order valence-corrected chi connectivity index (χ3v) is 4.65. The Hall–Kier alpha value is -3.29. The van der Waals surface area contributed by atoms with Crippen molar-refractivity contribution >= 4 is 28.3 Å². The van der Waals surface area contributed by atoms with E-state index in [-0.39, 0.29) is 11.6 Å². The molecule has 1 aromatic heterocycles. The lowest BCUT2D eigenvalue weighted by molar-refractivity contribution is -0.384. The van der Waals surface area contributed by atoms with Crippen LogP contribution in [0.3, 0.4) is 0 Å². The fourth-order valence-electron chi connectivity index (χ4n) is 3.25. The average Bonchev–Trinajstić information content (AvgIpc) is 3.30. The zero-order valence-electron chi connectivity index (χ0n) is 14.0. The van der Waals surface area contributed by atoms with Gasteiger partial charge in [0.25, 0.3) is 11.6 Å². The van der Waals surface area contributed by atoms with Crippen LogP contribution in [0.25, 0.3) is 11.0 Å². The van der Waals surface area contributed by atoms with Crippen molar-refractivity contribution in [3.63, 3.8) is 0 Å². The first-order chi connectivity index (χ1) is 12.6. The average molecular weight is 351 g/mol. The number of fused-ring (bicyclic) bond motifs is 1. The molecule has 1 N–H and O–H groups in total. The summed E-state index contributed by atoms with van der Waals surface area (Å²) in [6.45, 7) is 0. The van der Waals surface area contributed by atoms with Crippen molar-refractivity contribution in [3.05, 3.63) is 58.1 Å². The maximum atomic E-state index is 12.3. The zero-order valence-corrected chi connectivity index (χ0v) is 14.0. The van der Waals surface area contributed by atoms with Crippen molar-refractivity contribution in [2.75, 3.05) is 5.32 Å². The standard InChI is InChI=1S/C18H17N5O3/c24-18(12-5-8-15(9-6-12)23(25)26)19-13-7-10-16-17(11-13)21-22(20-16)14-3-1-2-4-14/h5-11,14H,1-4H2,(H,19,24). The number of non-ortho nitro benzene ring substituents is 1. The number of nitrogens with one attached hydrogen (secondary N) is 1. The third kappa shape index (κ3) is 3.13. The Morgan fingerprint density at radius 1 is 1.08 bits per heavy atom. The lowest BCUT2D eigenvalue weighted by Crippen LogP contribution is -2.11. The Kier molecular flexibility index (Phi) is 4.08. The first-order valence-corrected chi connectivity index (χ1v) is 8.52. The second kappa shape index (κ2) is 6.55. The Morgan fingerprint density at radius 3 is 2.46 bits per heavy atom. The van der Waals surface area contributed by atoms with Gasteiger partial charge in [-0.15, -0.1) is 0 Å². The van der Waals surface area contributed by atoms with Crippen LogP contribution in [0.1, 0.15) is 42.1 Å². The summed E-state index contributed by atoms with van der Waals surface area (Å²) in [7, 11) is 0. The summed E-state index contributed by atoms with van der Waals surface area (Å²) >= 11 is 0. The number of carbonyl (C=O) groups is 1. The number of benzene rings is 2. The maximum absolute atomic E-state index is 12.3. The first-order valence-electron chi connectivity index (χ1n) is 8.52. The lowest BCUT2D eigenvalue weighted by Gasteiger charge is -2.05. The van der Waals surface area contributed by atoms with E-state index < -0.39 is 4.92 Å². The van der Waals surface area contributed by atoms with Crippen LogP contribution in [-0.2, 0) is 0 Å². The topological polar surface area (TPSA) is 103 Å². The summed E-state index contributed by atoms with van der Waals surface area (Å²) in [6, 6.07) is 11.2. The third-order valence-electron chi connectivity index (χ3n) is 4.65. The molecule has 1 heterocycles. The summed E-state index contributed by atoms with van der Waals surface area (Å²) in [4.78, 5) is 24.3. The molecule has 0 spiro atoms. The molecule has 0 radical (unpaired) electrons. The van der Waals surface area contributed by atoms with E-state index in [1.54, 1.807) is 16.9 Å². The van der Waals surface area contributed by atoms with Crippen LogP contribution in [0.4, 0.5) is 11.4 Å². The minimum Gasteiger partial charge on any atom is -0.322 e. The van der Waals surface area contributed by atoms with E-state index in [0.717, 1.165) is 23.9 Å². The number of amides is 1. The highest BCUT2D eigenvalue weighted by molar-refractivity contribution is 6.05. The molecule has 1 aliphatic carbocycles. The van der Waals surface area contributed by atoms with Crippen molar-refractivity contribution in [1.82, 2.24) is 15.0 Å². The SMILES string of the molecule is O=C(Nc1ccc2nn(C3CCCC3)nc2c1)c1ccc([N+](=O)[O-])cc1. The number of rotatable bonds is 4. The van der Waals surface area contributed by atoms with Crippen LogP contribution >= 0.6 is 0 Å². The minimum absolute atomic E-state index is 0.0495. The van der Waals surface area contributed by atoms with Gasteiger partial charge in [-0.3, -0.25) is 14.9 Å². The van der Waals surface area contributed by atoms with Crippen molar-refractivity contribution in [3.8, 4) is 0 Å². The van der Waals surface area contributed by atoms with E-state index in [9.17, 15) is 14.9 Å². The Bertz CT molecular complexity index is 974. The van der Waals surface area contributed by atoms with Crippen molar-refractivity contribution < 1.29 is 9.72 Å². The van der Waals surface area contributed by atoms with E-state index in [4.69, 9.17) is 0 Å². The highest BCUT2D eigenvalue weighted by Crippen LogP contribution is 2.29. The number of anilines is 1. The van der Waals surface area contributed by atoms with Crippen LogP contribution in [0.15, 0.2) is 42.5 Å². The quantitative estimate of drug-likeness (QED) is 0.570. The summed E-state index contributed by atoms with van der Waals surface area (Å²) < 4.78 is 0. The van der Waals surface area contributed by atoms with E-state index >= 15 is 0 Å². The Labute approximate surface area is 149 Å². The molecule has 0 bridgehead atoms. The molecular weight excluding hydrogens is 334 g/mol. The molecule has 1 fully saturated rings. The van der Waals surface area contributed by atoms with E-state index in [0.29, 0.717) is 17.3 Å². The maximum Gasteiger partial charge on any atom is 0.269 e. The molecule has 3 aromatic rings. The fraction of sp³-hybridized carbons (Fsp3) is 0.278. The van der Waals surface area contributed by atoms with Crippen LogP contribution in [0.5, 0.6) is 0 Å². The molecule has 0 atom stereocenters. The Balaban J connectivity index is 1.52. The molecule has 0 aliphatic heterocycles. The van der Waals surface area contributed by atoms with Gasteiger partial charge in [0.15, 0.2) is 0 Å². The van der Waals surface area contributed by atoms with Gasteiger partial charge in [-0.1, -0.05) is 12.8 Å². The van der Waals surface area contributed by atoms with Crippen molar-refractivity contribution in [2.45, 2.75) is 31.7 Å². The predicted molar refractivity (Wildman–Crippen MR) is 96.1 cm³/mol. The molecule has 1 amide bonds. The highest BCUT2D eigenvalue weighted by atomic mass is 16.6. The molecular formula is C18H17N5O3. The predicted octanol–water partition coefficient (Wildman–Crippen LogP) is 3.71. The van der Waals surface area contributed by atoms with Crippen LogP contribution < -0.4 is 5.32 Å². The molecule has 8 nitrogen and oxygen atoms in total. The van der Waals surface area contributed by atoms with Gasteiger partial charge in [-0.25, -0.2) is 0 Å². The number of hydrogen-bond acceptors (Lipinski definition) is 5. The number of carbonyl (C=O) groups excluding carboxylic acids is 1. The van der Waals surface area contributed by atoms with Gasteiger partial charge < -0.3 is 5.32 Å². The van der Waals surface area contributed by atoms with E-state index in [2.05, 4.69) is 15.5 Å². The summed E-state index contributed by atoms with van der Waals surface area (Å²) in [6.07, 6.45) is 4.62. The number of nitrogens with zero attached hydrogens (tertiary/aromatic N) is 4. The van der Waals surface area contributed by atoms with Gasteiger partial charge in [-0.05, 0) is 43.2 Å². The molecule has 4 rings (SSSR count). The van der Waals surface area contributed by atoms with Crippen LogP contribution in [0.2, 0.25) is 0 Å². The summed E-state index contributed by atoms with van der Waals surface area (Å²) in [5.74, 6) is -0.331. The zero-order chi connectivity index (χ0) is 18.1. The van der Waals surface area contributed by atoms with Gasteiger partial charge in [0.2, 0.25) is 0 Å². The summed E-state index contributed by atoms with van der Waals surface area (Å²) in [5.41, 5.74) is 2.44. The van der Waals surface area contributed by atoms with Gasteiger partial charge in [-0.2, -0.15) is 15.0 Å². The second-order valence-electron chi connectivity index (χ2n) is 6.42. The normalized spacial score (nSPS) is 14.6. The van der Waals surface area contributed by atoms with Crippen LogP contribution in [-0.4, -0.2) is 25.8 Å². The molecule has 8 heteroatoms. The second-order valence-corrected chi connectivity index (χ2v) is 6.42. The number of nitro groups is 1. The smallest absolute Gasteiger partial charge is 0.269 e. The van der Waals surface area contributed by atoms with Gasteiger partial charge in [0.05, 0.1) is 11.0 Å². The van der Waals surface area contributed by atoms with E-state index in [1.807, 2.05) is 6.07 Å². The Morgan fingerprint density at radius 2 is 1.77 bits per heavy atom. The number of nitro benzene ring substituents is 1. The number of hydrogen-bond donors (Lipinski definition) is 1. The molecule has 0 saturated heterocycles. The van der Waals surface area contributed by atoms with Gasteiger partial charge >= 0.3 is 0 Å². The van der Waals surface area contributed by atoms with Gasteiger partial charge in [0.1, 0.15) is 11.0 Å².